The fourth-order valence-corrected chi connectivity index (χ4v) is 100. The maximum Gasteiger partial charge on any atom is 0.333 e. The van der Waals surface area contributed by atoms with Crippen LogP contribution in [0.1, 0.15) is 80.1 Å². The maximum absolute atomic E-state index is 12.5. The van der Waals surface area contributed by atoms with Gasteiger partial charge in [-0.3, -0.25) is 0 Å². The molecule has 0 aliphatic rings. The van der Waals surface area contributed by atoms with Crippen LogP contribution in [0.2, 0.25) is 279 Å². The molecular formula is C80H168O20Si15. The third-order valence-corrected chi connectivity index (χ3v) is 82.3. The van der Waals surface area contributed by atoms with Crippen LogP contribution >= 0.6 is 0 Å². The summed E-state index contributed by atoms with van der Waals surface area (Å²) in [6, 6.07) is 15.4. The highest BCUT2D eigenvalue weighted by atomic mass is 28.5. The molecule has 0 aliphatic heterocycles. The molecule has 0 saturated heterocycles. The molecule has 0 aliphatic carbocycles. The highest BCUT2D eigenvalue weighted by Crippen LogP contribution is 2.45. The van der Waals surface area contributed by atoms with Gasteiger partial charge in [-0.2, -0.15) is 0 Å². The molecule has 35 heteroatoms. The summed E-state index contributed by atoms with van der Waals surface area (Å²) in [4.78, 5) is 75.1. The van der Waals surface area contributed by atoms with Crippen molar-refractivity contribution in [3.05, 3.63) is 72.9 Å². The minimum Gasteiger partial charge on any atom is -0.462 e. The quantitative estimate of drug-likeness (QED) is 0.0181. The summed E-state index contributed by atoms with van der Waals surface area (Å²) in [7, 11) is -38.5. The van der Waals surface area contributed by atoms with Crippen LogP contribution in [0.3, 0.4) is 0 Å². The Morgan fingerprint density at radius 2 is 0.296 bits per heavy atom. The van der Waals surface area contributed by atoms with Gasteiger partial charge in [0, 0.05) is 33.4 Å². The minimum absolute atomic E-state index is 0.310. The highest BCUT2D eigenvalue weighted by molar-refractivity contribution is 6.95. The van der Waals surface area contributed by atoms with Crippen LogP contribution in [-0.4, -0.2) is 200 Å². The third-order valence-electron chi connectivity index (χ3n) is 20.4. The molecular weight excluding hydrogens is 1700 g/mol. The lowest BCUT2D eigenvalue weighted by Gasteiger charge is -2.48. The van der Waals surface area contributed by atoms with Gasteiger partial charge in [-0.1, -0.05) is 39.5 Å². The predicted octanol–water partition coefficient (Wildman–Crippen LogP) is 23.2. The van der Waals surface area contributed by atoms with E-state index in [9.17, 15) is 28.8 Å². The second-order valence-electron chi connectivity index (χ2n) is 40.8. The molecule has 20 nitrogen and oxygen atoms in total. The molecule has 115 heavy (non-hydrogen) atoms. The van der Waals surface area contributed by atoms with E-state index in [1.807, 2.05) is 0 Å². The summed E-state index contributed by atoms with van der Waals surface area (Å²) in [5, 5.41) is 0. The van der Waals surface area contributed by atoms with Crippen molar-refractivity contribution in [3.63, 3.8) is 0 Å². The largest absolute Gasteiger partial charge is 0.462 e. The van der Waals surface area contributed by atoms with Gasteiger partial charge in [0.2, 0.25) is 0 Å². The van der Waals surface area contributed by atoms with Crippen LogP contribution < -0.4 is 0 Å². The number of ether oxygens (including phenoxy) is 6. The molecule has 0 radical (unpaired) electrons. The second-order valence-corrected chi connectivity index (χ2v) is 106. The molecule has 0 aromatic carbocycles. The Bertz CT molecular complexity index is 2690. The number of rotatable bonds is 64. The average Bonchev–Trinajstić information content (AvgIpc) is 0.785. The van der Waals surface area contributed by atoms with Crippen molar-refractivity contribution in [3.8, 4) is 0 Å². The van der Waals surface area contributed by atoms with E-state index in [0.29, 0.717) is 112 Å². The number of esters is 6. The molecule has 0 saturated carbocycles. The maximum atomic E-state index is 12.5. The molecule has 0 atom stereocenters. The molecule has 0 N–H and O–H groups in total. The molecule has 0 rings (SSSR count). The molecule has 668 valence electrons. The number of hydrogen-bond donors (Lipinski definition) is 0. The van der Waals surface area contributed by atoms with Crippen molar-refractivity contribution in [2.24, 2.45) is 0 Å². The van der Waals surface area contributed by atoms with Crippen molar-refractivity contribution in [1.82, 2.24) is 0 Å². The van der Waals surface area contributed by atoms with E-state index < -0.39 is 125 Å². The summed E-state index contributed by atoms with van der Waals surface area (Å²) >= 11 is 0. The fraction of sp³-hybridized carbons (Fsp3) is 0.775. The lowest BCUT2D eigenvalue weighted by Crippen LogP contribution is -2.59. The Labute approximate surface area is 717 Å². The van der Waals surface area contributed by atoms with Gasteiger partial charge in [-0.15, -0.1) is 0 Å². The normalized spacial score (nSPS) is 13.6. The number of carbonyl (C=O) groups is 6. The van der Waals surface area contributed by atoms with Crippen LogP contribution in [0.25, 0.3) is 0 Å². The standard InChI is InChI=1S/C80H168O20Si15/c1-69(2)75(81)87-45-39-51-101(13,14)93-107(25,26)57-63-114(64-58-108(27,28)94-102(15,16)52-40-46-88-76(82)70(3)4,65-59-109(29,30)95-103(17,18)53-41-47-89-77(83)71(5)6)99-113(37,38)100-115(66-60-110(31,32)96-104(19,20)54-42-48-90-78(84)72(7)8,67-61-111(33,34)97-105(21,22)55-43-49-91-79(85)73(9)10)68-62-112(35,36)98-106(23,24)56-44-50-92-80(86)74(11)12/h1,3,5,7,9,11,39-68H2,2,4,6,8,10,12-38H3. The minimum atomic E-state index is -3.33. The topological polar surface area (TPSA) is 232 Å². The molecule has 0 amide bonds. The van der Waals surface area contributed by atoms with Gasteiger partial charge < -0.3 is 61.3 Å². The Hall–Kier alpha value is -1.81. The van der Waals surface area contributed by atoms with Gasteiger partial charge in [-0.05, 0) is 359 Å². The van der Waals surface area contributed by atoms with Gasteiger partial charge in [0.05, 0.1) is 39.6 Å². The predicted molar refractivity (Wildman–Crippen MR) is 516 cm³/mol. The van der Waals surface area contributed by atoms with Crippen LogP contribution in [0.4, 0.5) is 0 Å². The first-order valence-corrected chi connectivity index (χ1v) is 87.7. The highest BCUT2D eigenvalue weighted by Gasteiger charge is 2.53. The Morgan fingerprint density at radius 3 is 0.409 bits per heavy atom. The van der Waals surface area contributed by atoms with Gasteiger partial charge in [0.1, 0.15) is 0 Å². The first kappa shape index (κ1) is 113. The molecule has 0 fully saturated rings. The first-order chi connectivity index (χ1) is 51.9. The zero-order valence-electron chi connectivity index (χ0n) is 79.1. The van der Waals surface area contributed by atoms with Crippen LogP contribution in [0.15, 0.2) is 72.9 Å². The van der Waals surface area contributed by atoms with Gasteiger partial charge >= 0.3 is 44.4 Å². The fourth-order valence-electron chi connectivity index (χ4n) is 15.1. The zero-order chi connectivity index (χ0) is 89.5. The van der Waals surface area contributed by atoms with E-state index in [2.05, 4.69) is 210 Å². The summed E-state index contributed by atoms with van der Waals surface area (Å²) in [6.45, 7) is 95.6. The van der Waals surface area contributed by atoms with Gasteiger partial charge in [-0.25, -0.2) is 28.8 Å². The molecule has 0 aromatic heterocycles. The molecule has 0 bridgehead atoms. The molecule has 0 heterocycles. The molecule has 0 unspecified atom stereocenters. The van der Waals surface area contributed by atoms with E-state index in [1.54, 1.807) is 41.5 Å². The van der Waals surface area contributed by atoms with Gasteiger partial charge in [0.25, 0.3) is 0 Å². The summed E-state index contributed by atoms with van der Waals surface area (Å²) in [5.41, 5.74) is 2.30. The second kappa shape index (κ2) is 49.0. The van der Waals surface area contributed by atoms with E-state index in [0.717, 1.165) is 109 Å². The summed E-state index contributed by atoms with van der Waals surface area (Å²) in [6.07, 6.45) is 4.20. The van der Waals surface area contributed by atoms with Crippen molar-refractivity contribution < 1.29 is 90.1 Å². The zero-order valence-corrected chi connectivity index (χ0v) is 94.1. The number of carbonyl (C=O) groups excluding carboxylic acids is 6. The Balaban J connectivity index is 9.26. The van der Waals surface area contributed by atoms with Crippen molar-refractivity contribution >= 4 is 161 Å². The molecule has 0 spiro atoms. The summed E-state index contributed by atoms with van der Waals surface area (Å²) < 4.78 is 96.6. The smallest absolute Gasteiger partial charge is 0.333 e. The van der Waals surface area contributed by atoms with E-state index >= 15 is 0 Å². The first-order valence-electron chi connectivity index (χ1n) is 42.4. The lowest BCUT2D eigenvalue weighted by molar-refractivity contribution is -0.139. The SMILES string of the molecule is C=C(C)C(=O)OCCC[Si](C)(C)O[Si](C)(C)CC[Si](CC[Si](C)(C)O[Si](C)(C)CCCOC(=O)C(=C)C)(CC[Si](C)(C)O[Si](C)(C)CCCOC(=O)C(=C)C)O[Si](C)(C)O[Si](CC[Si](C)(C)O[Si](C)(C)CCCOC(=O)C(=C)C)(CC[Si](C)(C)O[Si](C)(C)CCCOC(=O)C(=C)C)CC[Si](C)(C)O[Si](C)(C)CCCOC(=O)C(=C)C. The lowest BCUT2D eigenvalue weighted by atomic mass is 10.4. The van der Waals surface area contributed by atoms with Crippen LogP contribution in [-0.2, 0) is 90.1 Å². The average molecular weight is 1870 g/mol. The van der Waals surface area contributed by atoms with Crippen molar-refractivity contribution in [2.45, 2.75) is 359 Å². The Morgan fingerprint density at radius 1 is 0.183 bits per heavy atom. The number of hydrogen-bond acceptors (Lipinski definition) is 20. The van der Waals surface area contributed by atoms with Crippen molar-refractivity contribution in [2.75, 3.05) is 39.6 Å². The van der Waals surface area contributed by atoms with Crippen LogP contribution in [0, 0.1) is 0 Å². The molecule has 0 aromatic rings. The Kier molecular flexibility index (Phi) is 48.3. The van der Waals surface area contributed by atoms with E-state index in [-0.39, 0.29) is 35.8 Å². The summed E-state index contributed by atoms with van der Waals surface area (Å²) in [5.74, 6) is -2.26. The third kappa shape index (κ3) is 53.1. The van der Waals surface area contributed by atoms with E-state index in [1.165, 1.54) is 0 Å². The van der Waals surface area contributed by atoms with E-state index in [4.69, 9.17) is 61.3 Å². The monoisotopic (exact) mass is 1870 g/mol. The van der Waals surface area contributed by atoms with Crippen LogP contribution in [0.5, 0.6) is 0 Å². The van der Waals surface area contributed by atoms with Crippen molar-refractivity contribution in [1.29, 1.82) is 0 Å². The van der Waals surface area contributed by atoms with Gasteiger partial charge in [0.15, 0.2) is 116 Å².